The van der Waals surface area contributed by atoms with Crippen molar-refractivity contribution in [3.05, 3.63) is 48.3 Å². The van der Waals surface area contributed by atoms with E-state index in [1.165, 1.54) is 6.26 Å². The maximum absolute atomic E-state index is 11.3. The summed E-state index contributed by atoms with van der Waals surface area (Å²) in [6.45, 7) is 2.51. The van der Waals surface area contributed by atoms with Crippen molar-refractivity contribution in [3.63, 3.8) is 0 Å². The molecule has 134 valence electrons. The van der Waals surface area contributed by atoms with Crippen molar-refractivity contribution in [2.24, 2.45) is 0 Å². The van der Waals surface area contributed by atoms with E-state index in [1.54, 1.807) is 0 Å². The number of benzene rings is 2. The van der Waals surface area contributed by atoms with E-state index in [1.807, 2.05) is 54.0 Å². The Hall–Kier alpha value is -2.32. The summed E-state index contributed by atoms with van der Waals surface area (Å²) in [6, 6.07) is 13.5. The van der Waals surface area contributed by atoms with Gasteiger partial charge in [0.25, 0.3) is 0 Å². The summed E-state index contributed by atoms with van der Waals surface area (Å²) in [7, 11) is -2.09. The third-order valence-electron chi connectivity index (χ3n) is 4.09. The molecular formula is C18H17N3O3S2. The summed E-state index contributed by atoms with van der Waals surface area (Å²) >= 11 is 0. The minimum Gasteiger partial charge on any atom is -0.436 e. The lowest BCUT2D eigenvalue weighted by Crippen LogP contribution is -2.04. The molecule has 0 spiro atoms. The summed E-state index contributed by atoms with van der Waals surface area (Å²) in [5, 5.41) is 0. The van der Waals surface area contributed by atoms with E-state index < -0.39 is 8.87 Å². The molecule has 0 radical (unpaired) electrons. The number of rotatable bonds is 5. The average molecular weight is 387 g/mol. The van der Waals surface area contributed by atoms with E-state index in [-0.39, 0.29) is 0 Å². The first-order chi connectivity index (χ1) is 12.4. The van der Waals surface area contributed by atoms with Crippen molar-refractivity contribution in [2.45, 2.75) is 13.5 Å². The van der Waals surface area contributed by atoms with Gasteiger partial charge >= 0.3 is 0 Å². The van der Waals surface area contributed by atoms with Crippen LogP contribution in [0.5, 0.6) is 0 Å². The Morgan fingerprint density at radius 2 is 1.92 bits per heavy atom. The first-order valence-corrected chi connectivity index (χ1v) is 11.5. The van der Waals surface area contributed by atoms with Crippen LogP contribution in [0.2, 0.25) is 0 Å². The number of aromatic nitrogens is 3. The Labute approximate surface area is 154 Å². The van der Waals surface area contributed by atoms with E-state index in [4.69, 9.17) is 4.42 Å². The van der Waals surface area contributed by atoms with Gasteiger partial charge in [-0.2, -0.15) is 0 Å². The highest BCUT2D eigenvalue weighted by atomic mass is 33.1. The van der Waals surface area contributed by atoms with Crippen molar-refractivity contribution in [1.29, 1.82) is 0 Å². The zero-order chi connectivity index (χ0) is 18.3. The van der Waals surface area contributed by atoms with E-state index in [9.17, 15) is 8.42 Å². The van der Waals surface area contributed by atoms with Gasteiger partial charge in [-0.15, -0.1) is 0 Å². The summed E-state index contributed by atoms with van der Waals surface area (Å²) in [6.07, 6.45) is 1.23. The molecule has 2 heterocycles. The molecule has 0 amide bonds. The van der Waals surface area contributed by atoms with Crippen molar-refractivity contribution < 1.29 is 12.8 Å². The van der Waals surface area contributed by atoms with Crippen molar-refractivity contribution in [3.8, 4) is 11.5 Å². The highest BCUT2D eigenvalue weighted by Gasteiger charge is 2.13. The number of hydrogen-bond acceptors (Lipinski definition) is 6. The maximum atomic E-state index is 11.3. The fourth-order valence-electron chi connectivity index (χ4n) is 2.94. The van der Waals surface area contributed by atoms with Crippen LogP contribution in [-0.4, -0.2) is 35.0 Å². The molecule has 0 atom stereocenters. The number of fused-ring (bicyclic) bond motifs is 2. The van der Waals surface area contributed by atoms with Crippen LogP contribution in [0.15, 0.2) is 46.9 Å². The summed E-state index contributed by atoms with van der Waals surface area (Å²) in [5.74, 6) is 1.90. The lowest BCUT2D eigenvalue weighted by Gasteiger charge is -2.06. The van der Waals surface area contributed by atoms with Crippen LogP contribution < -0.4 is 0 Å². The molecule has 0 bridgehead atoms. The third-order valence-corrected chi connectivity index (χ3v) is 6.65. The van der Waals surface area contributed by atoms with Gasteiger partial charge in [-0.1, -0.05) is 12.1 Å². The predicted molar refractivity (Wildman–Crippen MR) is 105 cm³/mol. The topological polar surface area (TPSA) is 78.0 Å². The smallest absolute Gasteiger partial charge is 0.227 e. The molecule has 2 aromatic carbocycles. The normalized spacial score (nSPS) is 12.2. The van der Waals surface area contributed by atoms with E-state index >= 15 is 0 Å². The zero-order valence-electron chi connectivity index (χ0n) is 14.3. The summed E-state index contributed by atoms with van der Waals surface area (Å²) in [5.41, 5.74) is 4.25. The fraction of sp³-hybridized carbons (Fsp3) is 0.222. The Morgan fingerprint density at radius 1 is 1.12 bits per heavy atom. The van der Waals surface area contributed by atoms with Gasteiger partial charge in [-0.25, -0.2) is 18.4 Å². The van der Waals surface area contributed by atoms with Crippen LogP contribution in [0.25, 0.3) is 33.6 Å². The number of aryl methyl sites for hydroxylation is 2. The number of oxazole rings is 1. The van der Waals surface area contributed by atoms with Crippen LogP contribution in [0.4, 0.5) is 0 Å². The lowest BCUT2D eigenvalue weighted by atomic mass is 10.2. The molecule has 0 unspecified atom stereocenters. The Kier molecular flexibility index (Phi) is 4.24. The van der Waals surface area contributed by atoms with Gasteiger partial charge in [-0.05, 0) is 48.0 Å². The van der Waals surface area contributed by atoms with Crippen LogP contribution >= 0.6 is 10.8 Å². The summed E-state index contributed by atoms with van der Waals surface area (Å²) in [4.78, 5) is 9.13. The second-order valence-electron chi connectivity index (χ2n) is 6.03. The molecule has 6 nitrogen and oxygen atoms in total. The molecule has 8 heteroatoms. The zero-order valence-corrected chi connectivity index (χ0v) is 16.0. The first-order valence-electron chi connectivity index (χ1n) is 8.08. The van der Waals surface area contributed by atoms with Gasteiger partial charge in [0.05, 0.1) is 11.0 Å². The Bertz CT molecular complexity index is 1180. The van der Waals surface area contributed by atoms with Crippen LogP contribution in [-0.2, 0) is 15.4 Å². The number of nitrogens with zero attached hydrogens (tertiary/aromatic N) is 3. The van der Waals surface area contributed by atoms with Crippen LogP contribution in [0.3, 0.4) is 0 Å². The van der Waals surface area contributed by atoms with Crippen LogP contribution in [0, 0.1) is 6.92 Å². The third kappa shape index (κ3) is 3.34. The minimum atomic E-state index is -3.04. The quantitative estimate of drug-likeness (QED) is 0.484. The molecule has 0 aliphatic heterocycles. The molecule has 0 saturated carbocycles. The second kappa shape index (κ2) is 6.44. The first kappa shape index (κ1) is 17.1. The monoisotopic (exact) mass is 387 g/mol. The molecule has 0 aliphatic carbocycles. The SMILES string of the molecule is Cc1nc2cc(-c3nc4ccccc4o3)ccc2n1CCSS(C)(=O)=O. The second-order valence-corrected chi connectivity index (χ2v) is 10.6. The number of hydrogen-bond donors (Lipinski definition) is 0. The van der Waals surface area contributed by atoms with E-state index in [2.05, 4.69) is 9.97 Å². The maximum Gasteiger partial charge on any atom is 0.227 e. The molecule has 2 aromatic heterocycles. The van der Waals surface area contributed by atoms with Gasteiger partial charge in [0.2, 0.25) is 5.89 Å². The largest absolute Gasteiger partial charge is 0.436 e. The standard InChI is InChI=1S/C18H17N3O3S2/c1-12-19-15-11-13(18-20-14-5-3-4-6-17(14)24-18)7-8-16(15)21(12)9-10-25-26(2,22)23/h3-8,11H,9-10H2,1-2H3. The van der Waals surface area contributed by atoms with E-state index in [0.717, 1.165) is 44.3 Å². The molecule has 0 fully saturated rings. The Balaban J connectivity index is 1.67. The van der Waals surface area contributed by atoms with Gasteiger partial charge < -0.3 is 8.98 Å². The molecule has 26 heavy (non-hydrogen) atoms. The number of para-hydroxylation sites is 2. The minimum absolute atomic E-state index is 0.484. The molecule has 0 aliphatic rings. The van der Waals surface area contributed by atoms with Gasteiger partial charge in [0, 0.05) is 24.1 Å². The average Bonchev–Trinajstić information content (AvgIpc) is 3.14. The highest BCUT2D eigenvalue weighted by Crippen LogP contribution is 2.27. The fourth-order valence-corrected chi connectivity index (χ4v) is 4.63. The van der Waals surface area contributed by atoms with Gasteiger partial charge in [0.15, 0.2) is 14.5 Å². The van der Waals surface area contributed by atoms with Crippen LogP contribution in [0.1, 0.15) is 5.82 Å². The molecule has 0 saturated heterocycles. The molecular weight excluding hydrogens is 370 g/mol. The lowest BCUT2D eigenvalue weighted by molar-refractivity contribution is 0.615. The Morgan fingerprint density at radius 3 is 2.69 bits per heavy atom. The highest BCUT2D eigenvalue weighted by molar-refractivity contribution is 8.71. The summed E-state index contributed by atoms with van der Waals surface area (Å²) < 4.78 is 30.5. The van der Waals surface area contributed by atoms with E-state index in [0.29, 0.717) is 18.2 Å². The van der Waals surface area contributed by atoms with Crippen molar-refractivity contribution >= 4 is 41.8 Å². The predicted octanol–water partition coefficient (Wildman–Crippen LogP) is 3.85. The number of imidazole rings is 1. The van der Waals surface area contributed by atoms with Gasteiger partial charge in [-0.3, -0.25) is 0 Å². The molecule has 4 aromatic rings. The van der Waals surface area contributed by atoms with Crippen molar-refractivity contribution in [1.82, 2.24) is 14.5 Å². The van der Waals surface area contributed by atoms with Crippen molar-refractivity contribution in [2.75, 3.05) is 12.0 Å². The van der Waals surface area contributed by atoms with Gasteiger partial charge in [0.1, 0.15) is 11.3 Å². The molecule has 4 rings (SSSR count). The molecule has 0 N–H and O–H groups in total.